The number of likely N-dealkylation sites (tertiary alicyclic amines) is 1. The van der Waals surface area contributed by atoms with Gasteiger partial charge in [-0.25, -0.2) is 4.98 Å². The Morgan fingerprint density at radius 1 is 1.45 bits per heavy atom. The van der Waals surface area contributed by atoms with Crippen LogP contribution >= 0.6 is 11.8 Å². The van der Waals surface area contributed by atoms with Crippen LogP contribution in [-0.4, -0.2) is 44.1 Å². The van der Waals surface area contributed by atoms with Crippen LogP contribution in [0.1, 0.15) is 19.0 Å². The molecule has 0 aromatic carbocycles. The first-order valence-corrected chi connectivity index (χ1v) is 8.44. The van der Waals surface area contributed by atoms with Gasteiger partial charge >= 0.3 is 0 Å². The predicted octanol–water partition coefficient (Wildman–Crippen LogP) is 2.00. The van der Waals surface area contributed by atoms with Gasteiger partial charge in [-0.1, -0.05) is 17.8 Å². The molecule has 1 atom stereocenters. The van der Waals surface area contributed by atoms with Crippen molar-refractivity contribution in [3.63, 3.8) is 0 Å². The monoisotopic (exact) mass is 317 g/mol. The summed E-state index contributed by atoms with van der Waals surface area (Å²) >= 11 is 1.32. The lowest BCUT2D eigenvalue weighted by Crippen LogP contribution is -2.28. The summed E-state index contributed by atoms with van der Waals surface area (Å²) in [5, 5.41) is 0.122. The van der Waals surface area contributed by atoms with Crippen LogP contribution in [0.4, 0.5) is 0 Å². The molecular formula is C16H19N3O2S. The molecule has 22 heavy (non-hydrogen) atoms. The summed E-state index contributed by atoms with van der Waals surface area (Å²) in [7, 11) is 0. The summed E-state index contributed by atoms with van der Waals surface area (Å²) in [6, 6.07) is 5.92. The first-order valence-electron chi connectivity index (χ1n) is 7.45. The van der Waals surface area contributed by atoms with Crippen LogP contribution in [0, 0.1) is 5.92 Å². The highest BCUT2D eigenvalue weighted by molar-refractivity contribution is 8.13. The molecule has 0 spiro atoms. The Labute approximate surface area is 133 Å². The van der Waals surface area contributed by atoms with Gasteiger partial charge in [0, 0.05) is 56.7 Å². The van der Waals surface area contributed by atoms with E-state index >= 15 is 0 Å². The van der Waals surface area contributed by atoms with Crippen molar-refractivity contribution in [2.45, 2.75) is 19.8 Å². The van der Waals surface area contributed by atoms with Gasteiger partial charge < -0.3 is 9.30 Å². The number of carbonyl (C=O) groups excluding carboxylic acids is 2. The summed E-state index contributed by atoms with van der Waals surface area (Å²) in [6.07, 6.45) is 5.23. The van der Waals surface area contributed by atoms with E-state index in [0.29, 0.717) is 18.9 Å². The van der Waals surface area contributed by atoms with Crippen LogP contribution in [0.25, 0.3) is 5.65 Å². The Morgan fingerprint density at radius 2 is 2.32 bits per heavy atom. The lowest BCUT2D eigenvalue weighted by atomic mass is 10.1. The number of imidazole rings is 1. The molecule has 0 radical (unpaired) electrons. The van der Waals surface area contributed by atoms with E-state index in [4.69, 9.17) is 0 Å². The number of thioether (sulfide) groups is 1. The minimum atomic E-state index is 0.122. The van der Waals surface area contributed by atoms with E-state index in [1.807, 2.05) is 35.5 Å². The number of hydrogen-bond acceptors (Lipinski definition) is 4. The predicted molar refractivity (Wildman–Crippen MR) is 86.7 cm³/mol. The van der Waals surface area contributed by atoms with Crippen molar-refractivity contribution < 1.29 is 9.59 Å². The minimum absolute atomic E-state index is 0.122. The summed E-state index contributed by atoms with van der Waals surface area (Å²) in [6.45, 7) is 3.04. The van der Waals surface area contributed by atoms with Gasteiger partial charge in [-0.2, -0.15) is 0 Å². The molecule has 1 unspecified atom stereocenters. The molecule has 0 bridgehead atoms. The second-order valence-corrected chi connectivity index (χ2v) is 6.84. The third-order valence-corrected chi connectivity index (χ3v) is 4.99. The Balaban J connectivity index is 1.57. The summed E-state index contributed by atoms with van der Waals surface area (Å²) in [5.74, 6) is 1.24. The van der Waals surface area contributed by atoms with Crippen LogP contribution in [0.5, 0.6) is 0 Å². The maximum Gasteiger partial charge on any atom is 0.222 e. The number of fused-ring (bicyclic) bond motifs is 1. The smallest absolute Gasteiger partial charge is 0.222 e. The van der Waals surface area contributed by atoms with Crippen LogP contribution in [0.2, 0.25) is 0 Å². The lowest BCUT2D eigenvalue weighted by Gasteiger charge is -2.16. The van der Waals surface area contributed by atoms with Gasteiger partial charge in [-0.05, 0) is 18.1 Å². The topological polar surface area (TPSA) is 54.7 Å². The van der Waals surface area contributed by atoms with Crippen molar-refractivity contribution in [2.75, 3.05) is 18.8 Å². The van der Waals surface area contributed by atoms with Gasteiger partial charge in [0.2, 0.25) is 5.91 Å². The highest BCUT2D eigenvalue weighted by atomic mass is 32.2. The zero-order valence-corrected chi connectivity index (χ0v) is 13.4. The molecule has 1 fully saturated rings. The van der Waals surface area contributed by atoms with Gasteiger partial charge in [0.05, 0.1) is 0 Å². The molecule has 0 aliphatic carbocycles. The molecular weight excluding hydrogens is 298 g/mol. The fourth-order valence-corrected chi connectivity index (χ4v) is 3.53. The summed E-state index contributed by atoms with van der Waals surface area (Å²) in [5.41, 5.74) is 2.05. The van der Waals surface area contributed by atoms with Gasteiger partial charge in [0.1, 0.15) is 5.65 Å². The molecule has 6 heteroatoms. The number of amides is 1. The number of nitrogens with zero attached hydrogens (tertiary/aromatic N) is 3. The van der Waals surface area contributed by atoms with Crippen LogP contribution in [0.3, 0.4) is 0 Å². The van der Waals surface area contributed by atoms with E-state index in [2.05, 4.69) is 9.38 Å². The van der Waals surface area contributed by atoms with Crippen LogP contribution < -0.4 is 0 Å². The van der Waals surface area contributed by atoms with Crippen molar-refractivity contribution in [1.82, 2.24) is 14.3 Å². The normalized spacial score (nSPS) is 18.3. The Morgan fingerprint density at radius 3 is 3.14 bits per heavy atom. The molecule has 1 aliphatic rings. The van der Waals surface area contributed by atoms with Crippen molar-refractivity contribution >= 4 is 28.4 Å². The SMILES string of the molecule is CC(=O)SCC1CC(=O)N(CCc2cnc3ccccn23)C1. The van der Waals surface area contributed by atoms with E-state index in [1.54, 1.807) is 6.92 Å². The number of rotatable bonds is 5. The van der Waals surface area contributed by atoms with E-state index in [9.17, 15) is 9.59 Å². The number of pyridine rings is 1. The molecule has 5 nitrogen and oxygen atoms in total. The maximum atomic E-state index is 12.1. The molecule has 116 valence electrons. The molecule has 0 N–H and O–H groups in total. The quantitative estimate of drug-likeness (QED) is 0.846. The average molecular weight is 317 g/mol. The second kappa shape index (κ2) is 6.52. The average Bonchev–Trinajstić information content (AvgIpc) is 3.07. The highest BCUT2D eigenvalue weighted by Gasteiger charge is 2.29. The molecule has 2 aromatic rings. The molecule has 2 aromatic heterocycles. The van der Waals surface area contributed by atoms with Crippen LogP contribution in [0.15, 0.2) is 30.6 Å². The van der Waals surface area contributed by atoms with Crippen molar-refractivity contribution in [3.05, 3.63) is 36.3 Å². The third-order valence-electron chi connectivity index (χ3n) is 3.95. The molecule has 0 saturated carbocycles. The highest BCUT2D eigenvalue weighted by Crippen LogP contribution is 2.22. The molecule has 1 amide bonds. The fourth-order valence-electron chi connectivity index (χ4n) is 2.84. The first kappa shape index (κ1) is 15.1. The van der Waals surface area contributed by atoms with Crippen molar-refractivity contribution in [3.8, 4) is 0 Å². The van der Waals surface area contributed by atoms with E-state index < -0.39 is 0 Å². The third kappa shape index (κ3) is 3.32. The zero-order chi connectivity index (χ0) is 15.5. The minimum Gasteiger partial charge on any atom is -0.342 e. The zero-order valence-electron chi connectivity index (χ0n) is 12.6. The molecule has 1 aliphatic heterocycles. The number of aromatic nitrogens is 2. The van der Waals surface area contributed by atoms with Crippen LogP contribution in [-0.2, 0) is 16.0 Å². The summed E-state index contributed by atoms with van der Waals surface area (Å²) < 4.78 is 2.06. The molecule has 3 heterocycles. The van der Waals surface area contributed by atoms with Gasteiger partial charge in [-0.3, -0.25) is 9.59 Å². The van der Waals surface area contributed by atoms with Gasteiger partial charge in [-0.15, -0.1) is 0 Å². The first-order chi connectivity index (χ1) is 10.6. The molecule has 1 saturated heterocycles. The van der Waals surface area contributed by atoms with Gasteiger partial charge in [0.15, 0.2) is 5.12 Å². The molecule has 3 rings (SSSR count). The Bertz CT molecular complexity index is 698. The van der Waals surface area contributed by atoms with Gasteiger partial charge in [0.25, 0.3) is 0 Å². The maximum absolute atomic E-state index is 12.1. The number of carbonyl (C=O) groups is 2. The number of hydrogen-bond donors (Lipinski definition) is 0. The second-order valence-electron chi connectivity index (χ2n) is 5.64. The van der Waals surface area contributed by atoms with E-state index in [0.717, 1.165) is 30.1 Å². The standard InChI is InChI=1S/C16H19N3O2S/c1-12(20)22-11-13-8-16(21)18(10-13)7-5-14-9-17-15-4-2-3-6-19(14)15/h2-4,6,9,13H,5,7-8,10-11H2,1H3. The Hall–Kier alpha value is -1.82. The summed E-state index contributed by atoms with van der Waals surface area (Å²) in [4.78, 5) is 29.4. The van der Waals surface area contributed by atoms with Crippen molar-refractivity contribution in [2.24, 2.45) is 5.92 Å². The lowest BCUT2D eigenvalue weighted by molar-refractivity contribution is -0.127. The van der Waals surface area contributed by atoms with Crippen molar-refractivity contribution in [1.29, 1.82) is 0 Å². The largest absolute Gasteiger partial charge is 0.342 e. The fraction of sp³-hybridized carbons (Fsp3) is 0.438. The van der Waals surface area contributed by atoms with E-state index in [1.165, 1.54) is 11.8 Å². The van der Waals surface area contributed by atoms with E-state index in [-0.39, 0.29) is 11.0 Å². The Kier molecular flexibility index (Phi) is 4.47.